The highest BCUT2D eigenvalue weighted by atomic mass is 32.2. The van der Waals surface area contributed by atoms with Gasteiger partial charge in [0.05, 0.1) is 5.69 Å². The van der Waals surface area contributed by atoms with Crippen LogP contribution in [0.1, 0.15) is 13.3 Å². The van der Waals surface area contributed by atoms with E-state index in [0.717, 1.165) is 6.07 Å². The van der Waals surface area contributed by atoms with Crippen molar-refractivity contribution in [1.29, 1.82) is 0 Å². The van der Waals surface area contributed by atoms with Crippen molar-refractivity contribution in [2.24, 2.45) is 0 Å². The van der Waals surface area contributed by atoms with Crippen molar-refractivity contribution in [3.63, 3.8) is 0 Å². The third kappa shape index (κ3) is 2.43. The van der Waals surface area contributed by atoms with Gasteiger partial charge in [-0.1, -0.05) is 11.8 Å². The fraction of sp³-hybridized carbons (Fsp3) is 0.250. The van der Waals surface area contributed by atoms with Gasteiger partial charge in [-0.2, -0.15) is 0 Å². The predicted molar refractivity (Wildman–Crippen MR) is 65.5 cm³/mol. The Balaban J connectivity index is 2.39. The monoisotopic (exact) mass is 303 g/mol. The molecule has 2 rings (SSSR count). The highest BCUT2D eigenvalue weighted by molar-refractivity contribution is 8.14. The number of nitrogens with zero attached hydrogens (tertiary/aromatic N) is 1. The van der Waals surface area contributed by atoms with Crippen molar-refractivity contribution in [1.82, 2.24) is 0 Å². The summed E-state index contributed by atoms with van der Waals surface area (Å²) in [7, 11) is 0. The molecule has 0 aromatic heterocycles. The van der Waals surface area contributed by atoms with Gasteiger partial charge in [-0.3, -0.25) is 14.4 Å². The Kier molecular flexibility index (Phi) is 3.85. The molecule has 1 heterocycles. The molecular weight excluding hydrogens is 295 g/mol. The summed E-state index contributed by atoms with van der Waals surface area (Å²) in [6.07, 6.45) is -0.290. The van der Waals surface area contributed by atoms with Gasteiger partial charge in [0.1, 0.15) is 5.25 Å². The van der Waals surface area contributed by atoms with Crippen molar-refractivity contribution in [2.75, 3.05) is 4.90 Å². The molecule has 2 amide bonds. The summed E-state index contributed by atoms with van der Waals surface area (Å²) in [5.41, 5.74) is -0.648. The molecular formula is C12H8F3NO3S. The van der Waals surface area contributed by atoms with Crippen LogP contribution in [-0.4, -0.2) is 22.2 Å². The number of benzene rings is 1. The Morgan fingerprint density at radius 3 is 2.50 bits per heavy atom. The van der Waals surface area contributed by atoms with Crippen LogP contribution >= 0.6 is 11.8 Å². The van der Waals surface area contributed by atoms with Gasteiger partial charge in [-0.05, 0) is 12.1 Å². The third-order valence-electron chi connectivity index (χ3n) is 2.67. The second-order valence-corrected chi connectivity index (χ2v) is 5.44. The minimum absolute atomic E-state index is 0.290. The van der Waals surface area contributed by atoms with E-state index in [1.54, 1.807) is 0 Å². The normalized spacial score (nSPS) is 18.8. The Labute approximate surface area is 115 Å². The lowest BCUT2D eigenvalue weighted by atomic mass is 10.2. The number of thioether (sulfide) groups is 1. The first-order chi connectivity index (χ1) is 9.32. The summed E-state index contributed by atoms with van der Waals surface area (Å²) in [4.78, 5) is 35.1. The quantitative estimate of drug-likeness (QED) is 0.619. The van der Waals surface area contributed by atoms with Gasteiger partial charge in [-0.25, -0.2) is 18.1 Å². The zero-order chi connectivity index (χ0) is 15.0. The predicted octanol–water partition coefficient (Wildman–Crippen LogP) is 2.02. The number of rotatable bonds is 2. The largest absolute Gasteiger partial charge is 0.288 e. The number of hydrogen-bond donors (Lipinski definition) is 0. The molecule has 1 aromatic rings. The molecule has 1 atom stereocenters. The summed E-state index contributed by atoms with van der Waals surface area (Å²) in [6.45, 7) is 1.23. The zero-order valence-electron chi connectivity index (χ0n) is 10.2. The number of amides is 2. The molecule has 1 aromatic carbocycles. The third-order valence-corrected chi connectivity index (χ3v) is 3.65. The van der Waals surface area contributed by atoms with Gasteiger partial charge in [0.25, 0.3) is 0 Å². The van der Waals surface area contributed by atoms with E-state index in [2.05, 4.69) is 0 Å². The van der Waals surface area contributed by atoms with Gasteiger partial charge in [0.2, 0.25) is 11.8 Å². The first-order valence-corrected chi connectivity index (χ1v) is 6.38. The van der Waals surface area contributed by atoms with Crippen LogP contribution in [-0.2, 0) is 14.4 Å². The van der Waals surface area contributed by atoms with Gasteiger partial charge in [0, 0.05) is 13.3 Å². The highest BCUT2D eigenvalue weighted by Gasteiger charge is 2.42. The van der Waals surface area contributed by atoms with E-state index in [4.69, 9.17) is 0 Å². The van der Waals surface area contributed by atoms with Crippen LogP contribution in [0.2, 0.25) is 0 Å². The standard InChI is InChI=1S/C12H8F3NO3S/c1-5(17)20-8-4-9(18)16(12(8)19)7-3-2-6(13)10(14)11(7)15/h2-3,8H,4H2,1H3/t8-/m0/s1. The van der Waals surface area contributed by atoms with E-state index in [9.17, 15) is 27.6 Å². The van der Waals surface area contributed by atoms with Crippen molar-refractivity contribution in [3.05, 3.63) is 29.6 Å². The Bertz CT molecular complexity index is 620. The molecule has 0 saturated carbocycles. The van der Waals surface area contributed by atoms with Crippen LogP contribution in [0, 0.1) is 17.5 Å². The maximum absolute atomic E-state index is 13.6. The first-order valence-electron chi connectivity index (χ1n) is 5.50. The summed E-state index contributed by atoms with van der Waals surface area (Å²) < 4.78 is 39.6. The lowest BCUT2D eigenvalue weighted by molar-refractivity contribution is -0.121. The Morgan fingerprint density at radius 1 is 1.25 bits per heavy atom. The topological polar surface area (TPSA) is 54.5 Å². The van der Waals surface area contributed by atoms with Crippen molar-refractivity contribution >= 4 is 34.4 Å². The highest BCUT2D eigenvalue weighted by Crippen LogP contribution is 2.32. The number of anilines is 1. The second-order valence-electron chi connectivity index (χ2n) is 4.06. The van der Waals surface area contributed by atoms with E-state index in [1.165, 1.54) is 6.92 Å². The first kappa shape index (κ1) is 14.6. The summed E-state index contributed by atoms with van der Waals surface area (Å²) in [6, 6.07) is 1.43. The van der Waals surface area contributed by atoms with Gasteiger partial charge < -0.3 is 0 Å². The van der Waals surface area contributed by atoms with E-state index >= 15 is 0 Å². The van der Waals surface area contributed by atoms with Crippen LogP contribution in [0.5, 0.6) is 0 Å². The maximum Gasteiger partial charge on any atom is 0.247 e. The lowest BCUT2D eigenvalue weighted by Crippen LogP contribution is -2.32. The van der Waals surface area contributed by atoms with Crippen LogP contribution in [0.4, 0.5) is 18.9 Å². The molecule has 20 heavy (non-hydrogen) atoms. The fourth-order valence-corrected chi connectivity index (χ4v) is 2.67. The molecule has 0 bridgehead atoms. The number of imide groups is 1. The molecule has 8 heteroatoms. The SMILES string of the molecule is CC(=O)S[C@H]1CC(=O)N(c2ccc(F)c(F)c2F)C1=O. The summed E-state index contributed by atoms with van der Waals surface area (Å²) in [5.74, 6) is -6.37. The molecule has 1 fully saturated rings. The number of carbonyl (C=O) groups is 3. The maximum atomic E-state index is 13.6. The molecule has 0 N–H and O–H groups in total. The van der Waals surface area contributed by atoms with Gasteiger partial charge in [0.15, 0.2) is 22.6 Å². The number of hydrogen-bond acceptors (Lipinski definition) is 4. The molecule has 0 spiro atoms. The van der Waals surface area contributed by atoms with E-state index in [0.29, 0.717) is 22.7 Å². The molecule has 0 radical (unpaired) electrons. The molecule has 0 aliphatic carbocycles. The summed E-state index contributed by atoms with van der Waals surface area (Å²) >= 11 is 0.644. The van der Waals surface area contributed by atoms with Gasteiger partial charge in [-0.15, -0.1) is 0 Å². The molecule has 1 saturated heterocycles. The fourth-order valence-electron chi connectivity index (χ4n) is 1.84. The summed E-state index contributed by atoms with van der Waals surface area (Å²) in [5, 5.41) is -1.34. The van der Waals surface area contributed by atoms with Crippen molar-refractivity contribution in [3.8, 4) is 0 Å². The Morgan fingerprint density at radius 2 is 1.90 bits per heavy atom. The van der Waals surface area contributed by atoms with Crippen LogP contribution in [0.3, 0.4) is 0 Å². The lowest BCUT2D eigenvalue weighted by Gasteiger charge is -2.15. The van der Waals surface area contributed by atoms with E-state index in [-0.39, 0.29) is 11.5 Å². The minimum Gasteiger partial charge on any atom is -0.288 e. The van der Waals surface area contributed by atoms with E-state index in [1.807, 2.05) is 0 Å². The van der Waals surface area contributed by atoms with Crippen LogP contribution in [0.15, 0.2) is 12.1 Å². The van der Waals surface area contributed by atoms with E-state index < -0.39 is 40.2 Å². The second kappa shape index (κ2) is 5.28. The minimum atomic E-state index is -1.76. The van der Waals surface area contributed by atoms with Crippen molar-refractivity contribution in [2.45, 2.75) is 18.6 Å². The molecule has 1 aliphatic heterocycles. The average Bonchev–Trinajstić information content (AvgIpc) is 2.62. The Hall–Kier alpha value is -1.83. The molecule has 1 aliphatic rings. The number of carbonyl (C=O) groups excluding carboxylic acids is 3. The smallest absolute Gasteiger partial charge is 0.247 e. The molecule has 0 unspecified atom stereocenters. The molecule has 106 valence electrons. The number of halogens is 3. The van der Waals surface area contributed by atoms with Crippen LogP contribution in [0.25, 0.3) is 0 Å². The van der Waals surface area contributed by atoms with Crippen LogP contribution < -0.4 is 4.90 Å². The average molecular weight is 303 g/mol. The van der Waals surface area contributed by atoms with Gasteiger partial charge >= 0.3 is 0 Å². The molecule has 4 nitrogen and oxygen atoms in total. The van der Waals surface area contributed by atoms with Crippen molar-refractivity contribution < 1.29 is 27.6 Å². The zero-order valence-corrected chi connectivity index (χ0v) is 11.0.